The highest BCUT2D eigenvalue weighted by Crippen LogP contribution is 2.23. The predicted octanol–water partition coefficient (Wildman–Crippen LogP) is 3.39. The molecule has 0 aliphatic carbocycles. The van der Waals surface area contributed by atoms with E-state index in [2.05, 4.69) is 9.97 Å². The maximum absolute atomic E-state index is 13.2. The first-order valence-corrected chi connectivity index (χ1v) is 5.98. The molecule has 0 aliphatic heterocycles. The van der Waals surface area contributed by atoms with Crippen molar-refractivity contribution >= 4 is 0 Å². The molecule has 102 valence electrons. The highest BCUT2D eigenvalue weighted by atomic mass is 19.2. The van der Waals surface area contributed by atoms with Gasteiger partial charge < -0.3 is 0 Å². The molecule has 2 rings (SSSR count). The number of hydrogen-bond donors (Lipinski definition) is 0. The molecule has 0 fully saturated rings. The van der Waals surface area contributed by atoms with Crippen molar-refractivity contribution in [1.29, 1.82) is 5.26 Å². The van der Waals surface area contributed by atoms with E-state index in [-0.39, 0.29) is 17.1 Å². The Kier molecular flexibility index (Phi) is 3.99. The van der Waals surface area contributed by atoms with E-state index in [4.69, 9.17) is 5.26 Å². The van der Waals surface area contributed by atoms with Crippen molar-refractivity contribution in [1.82, 2.24) is 9.97 Å². The second kappa shape index (κ2) is 5.70. The van der Waals surface area contributed by atoms with Crippen LogP contribution in [0.5, 0.6) is 0 Å². The van der Waals surface area contributed by atoms with Gasteiger partial charge in [-0.05, 0) is 24.6 Å². The molecule has 1 heterocycles. The van der Waals surface area contributed by atoms with Gasteiger partial charge in [0.1, 0.15) is 6.07 Å². The Hall–Kier alpha value is -2.42. The summed E-state index contributed by atoms with van der Waals surface area (Å²) in [6.07, 6.45) is 1.41. The third kappa shape index (κ3) is 2.77. The number of rotatable bonds is 3. The minimum absolute atomic E-state index is 0.0673. The predicted molar refractivity (Wildman–Crippen MR) is 66.1 cm³/mol. The van der Waals surface area contributed by atoms with Crippen molar-refractivity contribution in [2.45, 2.75) is 19.8 Å². The number of aromatic nitrogens is 2. The molecular weight excluding hydrogens is 267 g/mol. The largest absolute Gasteiger partial charge is 0.232 e. The summed E-state index contributed by atoms with van der Waals surface area (Å²) in [6.45, 7) is 1.94. The van der Waals surface area contributed by atoms with Crippen LogP contribution < -0.4 is 0 Å². The summed E-state index contributed by atoms with van der Waals surface area (Å²) in [5, 5.41) is 8.87. The quantitative estimate of drug-likeness (QED) is 0.808. The molecule has 20 heavy (non-hydrogen) atoms. The van der Waals surface area contributed by atoms with Crippen LogP contribution in [0.15, 0.2) is 18.2 Å². The van der Waals surface area contributed by atoms with Crippen LogP contribution in [0.3, 0.4) is 0 Å². The van der Waals surface area contributed by atoms with Crippen molar-refractivity contribution in [2.75, 3.05) is 0 Å². The number of aryl methyl sites for hydroxylation is 1. The number of nitriles is 1. The summed E-state index contributed by atoms with van der Waals surface area (Å²) >= 11 is 0. The lowest BCUT2D eigenvalue weighted by Crippen LogP contribution is -2.00. The number of halogens is 3. The first-order valence-electron chi connectivity index (χ1n) is 5.98. The van der Waals surface area contributed by atoms with Crippen LogP contribution in [-0.4, -0.2) is 9.97 Å². The molecule has 1 aromatic carbocycles. The minimum atomic E-state index is -1.53. The summed E-state index contributed by atoms with van der Waals surface area (Å²) in [4.78, 5) is 7.88. The first-order chi connectivity index (χ1) is 9.55. The lowest BCUT2D eigenvalue weighted by atomic mass is 10.1. The van der Waals surface area contributed by atoms with Crippen molar-refractivity contribution in [3.63, 3.8) is 0 Å². The van der Waals surface area contributed by atoms with Gasteiger partial charge in [-0.25, -0.2) is 23.1 Å². The Morgan fingerprint density at radius 2 is 1.75 bits per heavy atom. The summed E-state index contributed by atoms with van der Waals surface area (Å²) in [5.74, 6) is -4.21. The number of hydrogen-bond acceptors (Lipinski definition) is 3. The van der Waals surface area contributed by atoms with Gasteiger partial charge in [0.2, 0.25) is 5.82 Å². The zero-order valence-corrected chi connectivity index (χ0v) is 10.6. The molecule has 1 aromatic heterocycles. The van der Waals surface area contributed by atoms with Crippen molar-refractivity contribution < 1.29 is 13.2 Å². The van der Waals surface area contributed by atoms with E-state index >= 15 is 0 Å². The molecule has 6 heteroatoms. The van der Waals surface area contributed by atoms with E-state index in [0.717, 1.165) is 18.6 Å². The smallest absolute Gasteiger partial charge is 0.224 e. The molecule has 2 aromatic rings. The normalized spacial score (nSPS) is 10.3. The monoisotopic (exact) mass is 277 g/mol. The summed E-state index contributed by atoms with van der Waals surface area (Å²) < 4.78 is 39.4. The van der Waals surface area contributed by atoms with Gasteiger partial charge in [-0.3, -0.25) is 0 Å². The van der Waals surface area contributed by atoms with E-state index in [1.165, 1.54) is 6.07 Å². The summed E-state index contributed by atoms with van der Waals surface area (Å²) in [7, 11) is 0. The first kappa shape index (κ1) is 14.0. The van der Waals surface area contributed by atoms with Crippen LogP contribution in [-0.2, 0) is 6.42 Å². The SMILES string of the molecule is CCCc1cc(-c2cc(F)c(F)c(F)c2)nc(C#N)n1. The van der Waals surface area contributed by atoms with Crippen LogP contribution in [0.4, 0.5) is 13.2 Å². The molecule has 3 nitrogen and oxygen atoms in total. The highest BCUT2D eigenvalue weighted by Gasteiger charge is 2.14. The Labute approximate surface area is 113 Å². The van der Waals surface area contributed by atoms with Crippen molar-refractivity contribution in [2.24, 2.45) is 0 Å². The zero-order valence-electron chi connectivity index (χ0n) is 10.6. The summed E-state index contributed by atoms with van der Waals surface area (Å²) in [6, 6.07) is 5.02. The Morgan fingerprint density at radius 1 is 1.10 bits per heavy atom. The number of benzene rings is 1. The zero-order chi connectivity index (χ0) is 14.7. The van der Waals surface area contributed by atoms with Gasteiger partial charge in [-0.15, -0.1) is 0 Å². The molecule has 0 saturated carbocycles. The van der Waals surface area contributed by atoms with Crippen molar-refractivity contribution in [3.8, 4) is 17.3 Å². The Balaban J connectivity index is 2.57. The fraction of sp³-hybridized carbons (Fsp3) is 0.214. The van der Waals surface area contributed by atoms with E-state index in [9.17, 15) is 13.2 Å². The molecular formula is C14H10F3N3. The molecule has 0 unspecified atom stereocenters. The van der Waals surface area contributed by atoms with Crippen molar-refractivity contribution in [3.05, 3.63) is 47.2 Å². The second-order valence-corrected chi connectivity index (χ2v) is 4.18. The van der Waals surface area contributed by atoms with E-state index in [1.54, 1.807) is 6.07 Å². The van der Waals surface area contributed by atoms with Gasteiger partial charge >= 0.3 is 0 Å². The molecule has 0 aliphatic rings. The van der Waals surface area contributed by atoms with Crippen LogP contribution in [0.2, 0.25) is 0 Å². The number of nitrogens with zero attached hydrogens (tertiary/aromatic N) is 3. The maximum atomic E-state index is 13.2. The van der Waals surface area contributed by atoms with Crippen LogP contribution >= 0.6 is 0 Å². The third-order valence-electron chi connectivity index (χ3n) is 2.66. The standard InChI is InChI=1S/C14H10F3N3/c1-2-3-9-6-12(20-13(7-18)19-9)8-4-10(15)14(17)11(16)5-8/h4-6H,2-3H2,1H3. The molecule has 0 radical (unpaired) electrons. The lowest BCUT2D eigenvalue weighted by molar-refractivity contribution is 0.447. The fourth-order valence-corrected chi connectivity index (χ4v) is 1.78. The highest BCUT2D eigenvalue weighted by molar-refractivity contribution is 5.60. The van der Waals surface area contributed by atoms with Gasteiger partial charge in [-0.1, -0.05) is 13.3 Å². The molecule has 0 bridgehead atoms. The second-order valence-electron chi connectivity index (χ2n) is 4.18. The molecule has 0 spiro atoms. The van der Waals surface area contributed by atoms with E-state index in [1.807, 2.05) is 6.92 Å². The van der Waals surface area contributed by atoms with Gasteiger partial charge in [0.05, 0.1) is 5.69 Å². The summed E-state index contributed by atoms with van der Waals surface area (Å²) in [5.41, 5.74) is 0.856. The molecule has 0 amide bonds. The van der Waals surface area contributed by atoms with Crippen LogP contribution in [0.1, 0.15) is 24.9 Å². The topological polar surface area (TPSA) is 49.6 Å². The van der Waals surface area contributed by atoms with Gasteiger partial charge in [0.15, 0.2) is 17.5 Å². The van der Waals surface area contributed by atoms with Gasteiger partial charge in [-0.2, -0.15) is 5.26 Å². The Bertz CT molecular complexity index is 670. The van der Waals surface area contributed by atoms with Gasteiger partial charge in [0, 0.05) is 11.3 Å². The van der Waals surface area contributed by atoms with Gasteiger partial charge in [0.25, 0.3) is 0 Å². The molecule has 0 N–H and O–H groups in total. The van der Waals surface area contributed by atoms with Crippen LogP contribution in [0.25, 0.3) is 11.3 Å². The average Bonchev–Trinajstić information content (AvgIpc) is 2.44. The minimum Gasteiger partial charge on any atom is -0.224 e. The van der Waals surface area contributed by atoms with E-state index in [0.29, 0.717) is 12.1 Å². The third-order valence-corrected chi connectivity index (χ3v) is 2.66. The Morgan fingerprint density at radius 3 is 2.30 bits per heavy atom. The van der Waals surface area contributed by atoms with E-state index < -0.39 is 17.5 Å². The maximum Gasteiger partial charge on any atom is 0.232 e. The van der Waals surface area contributed by atoms with Crippen LogP contribution in [0, 0.1) is 28.8 Å². The fourth-order valence-electron chi connectivity index (χ4n) is 1.78. The average molecular weight is 277 g/mol. The molecule has 0 saturated heterocycles. The molecule has 0 atom stereocenters. The lowest BCUT2D eigenvalue weighted by Gasteiger charge is -2.06.